The Hall–Kier alpha value is -7.94. The molecular formula is C58H39NO. The maximum Gasteiger partial charge on any atom is 0.143 e. The van der Waals surface area contributed by atoms with E-state index in [0.717, 1.165) is 61.3 Å². The van der Waals surface area contributed by atoms with E-state index in [4.69, 9.17) is 4.42 Å². The second-order valence-electron chi connectivity index (χ2n) is 15.3. The van der Waals surface area contributed by atoms with Gasteiger partial charge in [-0.05, 0) is 122 Å². The van der Waals surface area contributed by atoms with E-state index >= 15 is 0 Å². The summed E-state index contributed by atoms with van der Waals surface area (Å²) in [6.45, 7) is 0. The molecule has 0 spiro atoms. The predicted molar refractivity (Wildman–Crippen MR) is 253 cm³/mol. The molecular weight excluding hydrogens is 727 g/mol. The molecule has 0 saturated heterocycles. The van der Waals surface area contributed by atoms with Crippen molar-refractivity contribution < 1.29 is 4.42 Å². The van der Waals surface area contributed by atoms with Crippen LogP contribution >= 0.6 is 0 Å². The lowest BCUT2D eigenvalue weighted by molar-refractivity contribution is 0.670. The van der Waals surface area contributed by atoms with Crippen LogP contribution < -0.4 is 4.90 Å². The lowest BCUT2D eigenvalue weighted by Gasteiger charge is -2.26. The molecule has 282 valence electrons. The number of fused-ring (bicyclic) bond motifs is 4. The molecule has 11 rings (SSSR count). The molecule has 0 amide bonds. The average Bonchev–Trinajstić information content (AvgIpc) is 3.71. The van der Waals surface area contributed by atoms with Crippen molar-refractivity contribution in [2.75, 3.05) is 4.90 Å². The number of rotatable bonds is 8. The van der Waals surface area contributed by atoms with Crippen molar-refractivity contribution in [3.8, 4) is 55.6 Å². The van der Waals surface area contributed by atoms with Crippen LogP contribution in [0, 0.1) is 0 Å². The van der Waals surface area contributed by atoms with Crippen molar-refractivity contribution >= 4 is 49.8 Å². The van der Waals surface area contributed by atoms with Crippen LogP contribution in [-0.4, -0.2) is 0 Å². The number of hydrogen-bond donors (Lipinski definition) is 0. The van der Waals surface area contributed by atoms with Crippen molar-refractivity contribution in [3.63, 3.8) is 0 Å². The van der Waals surface area contributed by atoms with E-state index in [-0.39, 0.29) is 0 Å². The highest BCUT2D eigenvalue weighted by atomic mass is 16.3. The van der Waals surface area contributed by atoms with Crippen LogP contribution in [-0.2, 0) is 0 Å². The Kier molecular flexibility index (Phi) is 8.87. The fourth-order valence-corrected chi connectivity index (χ4v) is 8.56. The molecule has 0 aliphatic carbocycles. The highest BCUT2D eigenvalue weighted by molar-refractivity contribution is 6.10. The minimum atomic E-state index is 0.891. The predicted octanol–water partition coefficient (Wildman–Crippen LogP) is 16.5. The number of hydrogen-bond acceptors (Lipinski definition) is 2. The van der Waals surface area contributed by atoms with Gasteiger partial charge in [-0.25, -0.2) is 0 Å². The molecule has 0 N–H and O–H groups in total. The first-order chi connectivity index (χ1) is 29.7. The topological polar surface area (TPSA) is 16.4 Å². The Morgan fingerprint density at radius 1 is 0.267 bits per heavy atom. The van der Waals surface area contributed by atoms with E-state index in [0.29, 0.717) is 0 Å². The number of nitrogens with zero attached hydrogens (tertiary/aromatic N) is 1. The van der Waals surface area contributed by atoms with Crippen LogP contribution in [0.4, 0.5) is 17.1 Å². The number of para-hydroxylation sites is 1. The van der Waals surface area contributed by atoms with Crippen molar-refractivity contribution in [2.45, 2.75) is 0 Å². The maximum atomic E-state index is 6.49. The van der Waals surface area contributed by atoms with E-state index in [1.165, 1.54) is 44.2 Å². The molecule has 0 unspecified atom stereocenters. The van der Waals surface area contributed by atoms with Crippen LogP contribution in [0.3, 0.4) is 0 Å². The first kappa shape index (κ1) is 35.2. The number of furan rings is 1. The van der Waals surface area contributed by atoms with Gasteiger partial charge >= 0.3 is 0 Å². The zero-order chi connectivity index (χ0) is 39.8. The zero-order valence-electron chi connectivity index (χ0n) is 32.9. The number of anilines is 3. The van der Waals surface area contributed by atoms with Gasteiger partial charge in [0.25, 0.3) is 0 Å². The molecule has 0 radical (unpaired) electrons. The molecule has 0 bridgehead atoms. The summed E-state index contributed by atoms with van der Waals surface area (Å²) in [4.78, 5) is 2.34. The normalized spacial score (nSPS) is 11.3. The van der Waals surface area contributed by atoms with E-state index in [1.54, 1.807) is 0 Å². The molecule has 2 nitrogen and oxygen atoms in total. The summed E-state index contributed by atoms with van der Waals surface area (Å²) < 4.78 is 6.49. The third-order valence-corrected chi connectivity index (χ3v) is 11.7. The van der Waals surface area contributed by atoms with Gasteiger partial charge < -0.3 is 9.32 Å². The first-order valence-electron chi connectivity index (χ1n) is 20.5. The first-order valence-corrected chi connectivity index (χ1v) is 20.5. The lowest BCUT2D eigenvalue weighted by atomic mass is 9.98. The SMILES string of the molecule is c1ccc(-c2cccc(-c3ccc(N(c4ccc(-c5ccc6ccccc6c5)cc4)c4ccc(-c5ccc6oc7c(-c8ccccc8)cccc7c6c5)cc4)cc3)c2)cc1. The van der Waals surface area contributed by atoms with Crippen molar-refractivity contribution in [3.05, 3.63) is 237 Å². The molecule has 0 aliphatic heterocycles. The van der Waals surface area contributed by atoms with E-state index in [9.17, 15) is 0 Å². The van der Waals surface area contributed by atoms with Gasteiger partial charge in [0.05, 0.1) is 0 Å². The Morgan fingerprint density at radius 2 is 0.717 bits per heavy atom. The van der Waals surface area contributed by atoms with Gasteiger partial charge in [-0.2, -0.15) is 0 Å². The minimum absolute atomic E-state index is 0.891. The standard InChI is InChI=1S/C58H39NO/c1-3-11-40(12-4-1)47-17-9-18-48(37-47)42-23-30-51(31-24-42)59(52-32-25-43(26-33-52)49-22-21-41-13-7-8-16-46(41)38-49)53-34-27-44(28-35-53)50-29-36-57-56(39-50)55-20-10-19-54(58(55)60-57)45-14-5-2-6-15-45/h1-39H. The number of benzene rings is 10. The smallest absolute Gasteiger partial charge is 0.143 e. The molecule has 0 saturated carbocycles. The summed E-state index contributed by atoms with van der Waals surface area (Å²) in [6, 6.07) is 84.8. The molecule has 10 aromatic carbocycles. The van der Waals surface area contributed by atoms with Crippen LogP contribution in [0.5, 0.6) is 0 Å². The molecule has 11 aromatic rings. The minimum Gasteiger partial charge on any atom is -0.455 e. The van der Waals surface area contributed by atoms with Gasteiger partial charge in [-0.3, -0.25) is 0 Å². The Bertz CT molecular complexity index is 3270. The summed E-state index contributed by atoms with van der Waals surface area (Å²) in [6.07, 6.45) is 0. The van der Waals surface area contributed by atoms with E-state index < -0.39 is 0 Å². The van der Waals surface area contributed by atoms with Crippen molar-refractivity contribution in [2.24, 2.45) is 0 Å². The van der Waals surface area contributed by atoms with Crippen LogP contribution in [0.25, 0.3) is 88.3 Å². The van der Waals surface area contributed by atoms with Gasteiger partial charge in [0.1, 0.15) is 11.2 Å². The molecule has 0 fully saturated rings. The highest BCUT2D eigenvalue weighted by Gasteiger charge is 2.16. The van der Waals surface area contributed by atoms with Gasteiger partial charge in [0.2, 0.25) is 0 Å². The lowest BCUT2D eigenvalue weighted by Crippen LogP contribution is -2.09. The van der Waals surface area contributed by atoms with E-state index in [2.05, 4.69) is 235 Å². The fraction of sp³-hybridized carbons (Fsp3) is 0. The van der Waals surface area contributed by atoms with Crippen LogP contribution in [0.2, 0.25) is 0 Å². The van der Waals surface area contributed by atoms with Gasteiger partial charge in [-0.1, -0.05) is 176 Å². The summed E-state index contributed by atoms with van der Waals surface area (Å²) in [5.74, 6) is 0. The second-order valence-corrected chi connectivity index (χ2v) is 15.3. The largest absolute Gasteiger partial charge is 0.455 e. The summed E-state index contributed by atoms with van der Waals surface area (Å²) in [7, 11) is 0. The Labute approximate surface area is 349 Å². The molecule has 0 atom stereocenters. The highest BCUT2D eigenvalue weighted by Crippen LogP contribution is 2.40. The third kappa shape index (κ3) is 6.61. The molecule has 60 heavy (non-hydrogen) atoms. The Morgan fingerprint density at radius 3 is 1.33 bits per heavy atom. The second kappa shape index (κ2) is 15.1. The third-order valence-electron chi connectivity index (χ3n) is 11.7. The van der Waals surface area contributed by atoms with Gasteiger partial charge in [0, 0.05) is 33.4 Å². The van der Waals surface area contributed by atoms with E-state index in [1.807, 2.05) is 6.07 Å². The van der Waals surface area contributed by atoms with Crippen LogP contribution in [0.15, 0.2) is 241 Å². The monoisotopic (exact) mass is 765 g/mol. The van der Waals surface area contributed by atoms with Gasteiger partial charge in [-0.15, -0.1) is 0 Å². The van der Waals surface area contributed by atoms with Crippen LogP contribution in [0.1, 0.15) is 0 Å². The molecule has 1 aromatic heterocycles. The zero-order valence-corrected chi connectivity index (χ0v) is 32.9. The summed E-state index contributed by atoms with van der Waals surface area (Å²) >= 11 is 0. The quantitative estimate of drug-likeness (QED) is 0.153. The van der Waals surface area contributed by atoms with Crippen molar-refractivity contribution in [1.82, 2.24) is 0 Å². The Balaban J connectivity index is 0.951. The van der Waals surface area contributed by atoms with Crippen molar-refractivity contribution in [1.29, 1.82) is 0 Å². The molecule has 0 aliphatic rings. The molecule has 1 heterocycles. The fourth-order valence-electron chi connectivity index (χ4n) is 8.56. The average molecular weight is 766 g/mol. The summed E-state index contributed by atoms with van der Waals surface area (Å²) in [5.41, 5.74) is 16.8. The maximum absolute atomic E-state index is 6.49. The van der Waals surface area contributed by atoms with Gasteiger partial charge in [0.15, 0.2) is 0 Å². The molecule has 2 heteroatoms. The summed E-state index contributed by atoms with van der Waals surface area (Å²) in [5, 5.41) is 4.73.